The fourth-order valence-corrected chi connectivity index (χ4v) is 4.56. The quantitative estimate of drug-likeness (QED) is 0.896. The van der Waals surface area contributed by atoms with E-state index in [1.54, 1.807) is 17.0 Å². The summed E-state index contributed by atoms with van der Waals surface area (Å²) < 4.78 is 28.6. The molecular formula is C20H24N2O3S. The van der Waals surface area contributed by atoms with Crippen molar-refractivity contribution in [3.63, 3.8) is 0 Å². The Balaban J connectivity index is 1.94. The molecule has 0 aromatic heterocycles. The third-order valence-electron chi connectivity index (χ3n) is 4.92. The zero-order valence-corrected chi connectivity index (χ0v) is 16.2. The molecule has 5 nitrogen and oxygen atoms in total. The zero-order valence-electron chi connectivity index (χ0n) is 15.4. The molecule has 0 atom stereocenters. The van der Waals surface area contributed by atoms with Gasteiger partial charge in [0.1, 0.15) is 0 Å². The van der Waals surface area contributed by atoms with E-state index in [1.807, 2.05) is 38.1 Å². The van der Waals surface area contributed by atoms with Crippen LogP contribution in [0, 0.1) is 6.92 Å². The van der Waals surface area contributed by atoms with Gasteiger partial charge >= 0.3 is 0 Å². The molecule has 0 fully saturated rings. The minimum atomic E-state index is -3.69. The van der Waals surface area contributed by atoms with Gasteiger partial charge in [-0.25, -0.2) is 8.42 Å². The summed E-state index contributed by atoms with van der Waals surface area (Å²) in [5, 5.41) is 0. The first kappa shape index (κ1) is 18.5. The molecule has 0 spiro atoms. The highest BCUT2D eigenvalue weighted by atomic mass is 32.2. The maximum Gasteiger partial charge on any atom is 0.261 e. The van der Waals surface area contributed by atoms with Crippen LogP contribution in [0.25, 0.3) is 0 Å². The predicted octanol–water partition coefficient (Wildman–Crippen LogP) is 3.26. The van der Waals surface area contributed by atoms with Gasteiger partial charge in [0.15, 0.2) is 0 Å². The van der Waals surface area contributed by atoms with Gasteiger partial charge in [0.25, 0.3) is 10.0 Å². The predicted molar refractivity (Wildman–Crippen MR) is 103 cm³/mol. The molecule has 0 aliphatic carbocycles. The summed E-state index contributed by atoms with van der Waals surface area (Å²) in [5.41, 5.74) is 4.52. The van der Waals surface area contributed by atoms with Crippen molar-refractivity contribution in [3.8, 4) is 0 Å². The van der Waals surface area contributed by atoms with Crippen LogP contribution >= 0.6 is 0 Å². The Labute approximate surface area is 155 Å². The van der Waals surface area contributed by atoms with Gasteiger partial charge in [0.05, 0.1) is 10.6 Å². The number of nitrogens with zero attached hydrogens (tertiary/aromatic N) is 1. The van der Waals surface area contributed by atoms with Crippen LogP contribution in [-0.4, -0.2) is 25.8 Å². The van der Waals surface area contributed by atoms with Crippen LogP contribution in [0.2, 0.25) is 0 Å². The molecule has 0 saturated heterocycles. The van der Waals surface area contributed by atoms with Crippen LogP contribution in [0.4, 0.5) is 5.69 Å². The van der Waals surface area contributed by atoms with Crippen LogP contribution in [0.1, 0.15) is 36.1 Å². The molecule has 0 bridgehead atoms. The first-order valence-electron chi connectivity index (χ1n) is 8.80. The molecule has 0 saturated carbocycles. The van der Waals surface area contributed by atoms with E-state index in [-0.39, 0.29) is 10.8 Å². The first-order valence-corrected chi connectivity index (χ1v) is 10.3. The van der Waals surface area contributed by atoms with E-state index in [0.29, 0.717) is 18.8 Å². The Morgan fingerprint density at radius 3 is 2.65 bits per heavy atom. The molecule has 1 heterocycles. The van der Waals surface area contributed by atoms with Crippen LogP contribution in [0.5, 0.6) is 0 Å². The summed E-state index contributed by atoms with van der Waals surface area (Å²) in [4.78, 5) is 13.6. The number of amides is 1. The molecule has 26 heavy (non-hydrogen) atoms. The van der Waals surface area contributed by atoms with E-state index >= 15 is 0 Å². The van der Waals surface area contributed by atoms with E-state index in [9.17, 15) is 13.2 Å². The second-order valence-electron chi connectivity index (χ2n) is 6.69. The van der Waals surface area contributed by atoms with Crippen LogP contribution in [0.15, 0.2) is 41.3 Å². The molecule has 3 rings (SSSR count). The molecule has 1 aliphatic rings. The highest BCUT2D eigenvalue weighted by Gasteiger charge is 2.22. The smallest absolute Gasteiger partial charge is 0.261 e. The van der Waals surface area contributed by atoms with Crippen LogP contribution in [-0.2, 0) is 34.2 Å². The summed E-state index contributed by atoms with van der Waals surface area (Å²) in [7, 11) is -3.69. The number of anilines is 1. The summed E-state index contributed by atoms with van der Waals surface area (Å²) in [5.74, 6) is 0.00883. The van der Waals surface area contributed by atoms with Crippen molar-refractivity contribution in [1.29, 1.82) is 0 Å². The van der Waals surface area contributed by atoms with Crippen molar-refractivity contribution in [2.45, 2.75) is 45.1 Å². The Hall–Kier alpha value is -2.34. The minimum absolute atomic E-state index is 0.00883. The van der Waals surface area contributed by atoms with E-state index in [0.717, 1.165) is 35.1 Å². The van der Waals surface area contributed by atoms with Crippen molar-refractivity contribution < 1.29 is 13.2 Å². The average Bonchev–Trinajstić information content (AvgIpc) is 2.62. The lowest BCUT2D eigenvalue weighted by molar-refractivity contribution is -0.129. The van der Waals surface area contributed by atoms with Crippen molar-refractivity contribution in [2.24, 2.45) is 0 Å². The highest BCUT2D eigenvalue weighted by molar-refractivity contribution is 7.92. The van der Waals surface area contributed by atoms with Gasteiger partial charge in [-0.3, -0.25) is 9.52 Å². The standard InChI is InChI=1S/C20H24N2O3S/c1-4-16-7-5-6-14(2)20(16)21-26(24,25)19-9-8-17-10-11-22(15(3)23)13-18(17)12-19/h5-9,12,21H,4,10-11,13H2,1-3H3. The molecular weight excluding hydrogens is 348 g/mol. The van der Waals surface area contributed by atoms with E-state index in [1.165, 1.54) is 6.92 Å². The number of sulfonamides is 1. The lowest BCUT2D eigenvalue weighted by Crippen LogP contribution is -2.34. The number of benzene rings is 2. The van der Waals surface area contributed by atoms with Crippen LogP contribution < -0.4 is 4.72 Å². The van der Waals surface area contributed by atoms with Gasteiger partial charge < -0.3 is 4.90 Å². The number of aryl methyl sites for hydroxylation is 2. The molecule has 1 aliphatic heterocycles. The number of nitrogens with one attached hydrogen (secondary N) is 1. The number of hydrogen-bond donors (Lipinski definition) is 1. The monoisotopic (exact) mass is 372 g/mol. The number of hydrogen-bond acceptors (Lipinski definition) is 3. The molecule has 2 aromatic rings. The highest BCUT2D eigenvalue weighted by Crippen LogP contribution is 2.27. The lowest BCUT2D eigenvalue weighted by atomic mass is 10.00. The molecule has 1 N–H and O–H groups in total. The second-order valence-corrected chi connectivity index (χ2v) is 8.37. The van der Waals surface area contributed by atoms with Crippen molar-refractivity contribution >= 4 is 21.6 Å². The molecule has 2 aromatic carbocycles. The molecule has 0 unspecified atom stereocenters. The van der Waals surface area contributed by atoms with E-state index in [2.05, 4.69) is 4.72 Å². The third-order valence-corrected chi connectivity index (χ3v) is 6.27. The second kappa shape index (κ2) is 7.11. The van der Waals surface area contributed by atoms with E-state index < -0.39 is 10.0 Å². The summed E-state index contributed by atoms with van der Waals surface area (Å²) in [6.07, 6.45) is 1.50. The maximum atomic E-state index is 12.9. The summed E-state index contributed by atoms with van der Waals surface area (Å²) in [6.45, 7) is 6.57. The van der Waals surface area contributed by atoms with Crippen molar-refractivity contribution in [2.75, 3.05) is 11.3 Å². The SMILES string of the molecule is CCc1cccc(C)c1NS(=O)(=O)c1ccc2c(c1)CN(C(C)=O)CC2. The fourth-order valence-electron chi connectivity index (χ4n) is 3.33. The lowest BCUT2D eigenvalue weighted by Gasteiger charge is -2.28. The number of carbonyl (C=O) groups is 1. The molecule has 1 amide bonds. The number of rotatable bonds is 4. The van der Waals surface area contributed by atoms with Crippen molar-refractivity contribution in [3.05, 3.63) is 58.7 Å². The Kier molecular flexibility index (Phi) is 5.05. The van der Waals surface area contributed by atoms with Gasteiger partial charge in [0, 0.05) is 20.0 Å². The third kappa shape index (κ3) is 3.60. The van der Waals surface area contributed by atoms with Gasteiger partial charge in [0.2, 0.25) is 5.91 Å². The molecule has 138 valence electrons. The zero-order chi connectivity index (χ0) is 18.9. The first-order chi connectivity index (χ1) is 12.3. The average molecular weight is 372 g/mol. The normalized spacial score (nSPS) is 14.0. The number of carbonyl (C=O) groups excluding carboxylic acids is 1. The van der Waals surface area contributed by atoms with Gasteiger partial charge in [-0.1, -0.05) is 31.2 Å². The topological polar surface area (TPSA) is 66.5 Å². The Bertz CT molecular complexity index is 952. The Morgan fingerprint density at radius 2 is 1.96 bits per heavy atom. The summed E-state index contributed by atoms with van der Waals surface area (Å²) >= 11 is 0. The fraction of sp³-hybridized carbons (Fsp3) is 0.350. The van der Waals surface area contributed by atoms with Crippen LogP contribution in [0.3, 0.4) is 0 Å². The Morgan fingerprint density at radius 1 is 1.19 bits per heavy atom. The minimum Gasteiger partial charge on any atom is -0.338 e. The number of para-hydroxylation sites is 1. The maximum absolute atomic E-state index is 12.9. The van der Waals surface area contributed by atoms with Gasteiger partial charge in [-0.05, 0) is 54.2 Å². The van der Waals surface area contributed by atoms with E-state index in [4.69, 9.17) is 0 Å². The van der Waals surface area contributed by atoms with Gasteiger partial charge in [-0.15, -0.1) is 0 Å². The van der Waals surface area contributed by atoms with Crippen molar-refractivity contribution in [1.82, 2.24) is 4.90 Å². The van der Waals surface area contributed by atoms with Gasteiger partial charge in [-0.2, -0.15) is 0 Å². The molecule has 0 radical (unpaired) electrons. The largest absolute Gasteiger partial charge is 0.338 e. The molecule has 6 heteroatoms. The summed E-state index contributed by atoms with van der Waals surface area (Å²) in [6, 6.07) is 11.0. The number of fused-ring (bicyclic) bond motifs is 1.